The summed E-state index contributed by atoms with van der Waals surface area (Å²) in [6.07, 6.45) is -3.39. The van der Waals surface area contributed by atoms with Crippen molar-refractivity contribution in [3.63, 3.8) is 0 Å². The molecular weight excluding hydrogens is 411 g/mol. The lowest BCUT2D eigenvalue weighted by Gasteiger charge is -2.38. The average Bonchev–Trinajstić information content (AvgIpc) is 2.62. The van der Waals surface area contributed by atoms with Crippen LogP contribution in [0.2, 0.25) is 0 Å². The maximum absolute atomic E-state index is 12.9. The summed E-state index contributed by atoms with van der Waals surface area (Å²) in [6.45, 7) is 0.935. The van der Waals surface area contributed by atoms with Crippen molar-refractivity contribution in [2.24, 2.45) is 0 Å². The molecule has 0 saturated carbocycles. The first-order valence-corrected chi connectivity index (χ1v) is 8.93. The van der Waals surface area contributed by atoms with Crippen LogP contribution in [0.15, 0.2) is 53.0 Å². The molecule has 1 amide bonds. The van der Waals surface area contributed by atoms with Crippen molar-refractivity contribution in [3.05, 3.63) is 69.7 Å². The van der Waals surface area contributed by atoms with E-state index in [0.29, 0.717) is 26.1 Å². The Kier molecular flexibility index (Phi) is 5.39. The highest BCUT2D eigenvalue weighted by molar-refractivity contribution is 9.10. The average molecular weight is 428 g/mol. The molecule has 0 unspecified atom stereocenters. The molecule has 1 heterocycles. The number of hydrogen-bond donors (Lipinski definition) is 1. The maximum Gasteiger partial charge on any atom is 0.416 e. The smallest absolute Gasteiger partial charge is 0.381 e. The van der Waals surface area contributed by atoms with E-state index in [1.165, 1.54) is 12.1 Å². The molecule has 1 aliphatic rings. The third-order valence-corrected chi connectivity index (χ3v) is 5.02. The van der Waals surface area contributed by atoms with Crippen LogP contribution in [-0.4, -0.2) is 19.1 Å². The molecule has 0 spiro atoms. The molecule has 7 heteroatoms. The number of rotatable bonds is 3. The van der Waals surface area contributed by atoms with E-state index < -0.39 is 23.2 Å². The van der Waals surface area contributed by atoms with E-state index in [2.05, 4.69) is 21.2 Å². The predicted molar refractivity (Wildman–Crippen MR) is 94.8 cm³/mol. The van der Waals surface area contributed by atoms with E-state index >= 15 is 0 Å². The number of amides is 1. The Balaban J connectivity index is 1.91. The second kappa shape index (κ2) is 7.40. The highest BCUT2D eigenvalue weighted by Gasteiger charge is 2.37. The van der Waals surface area contributed by atoms with Crippen LogP contribution in [0.4, 0.5) is 13.2 Å². The molecule has 0 aromatic heterocycles. The zero-order valence-corrected chi connectivity index (χ0v) is 15.4. The Labute approximate surface area is 157 Å². The number of nitrogens with one attached hydrogen (secondary N) is 1. The standard InChI is InChI=1S/C19H17BrF3NO2/c20-16-6-2-4-14(12-16)18(7-9-26-10-8-18)24-17(25)13-3-1-5-15(11-13)19(21,22)23/h1-6,11-12H,7-10H2,(H,24,25). The van der Waals surface area contributed by atoms with E-state index in [0.717, 1.165) is 22.2 Å². The first kappa shape index (κ1) is 18.9. The van der Waals surface area contributed by atoms with Crippen molar-refractivity contribution in [1.82, 2.24) is 5.32 Å². The zero-order valence-electron chi connectivity index (χ0n) is 13.8. The lowest BCUT2D eigenvalue weighted by Crippen LogP contribution is -2.49. The summed E-state index contributed by atoms with van der Waals surface area (Å²) in [5.74, 6) is -0.530. The number of ether oxygens (including phenoxy) is 1. The molecule has 0 radical (unpaired) electrons. The molecule has 3 nitrogen and oxygen atoms in total. The fourth-order valence-electron chi connectivity index (χ4n) is 3.12. The van der Waals surface area contributed by atoms with Crippen molar-refractivity contribution in [2.75, 3.05) is 13.2 Å². The molecule has 3 rings (SSSR count). The Morgan fingerprint density at radius 1 is 1.08 bits per heavy atom. The van der Waals surface area contributed by atoms with Gasteiger partial charge in [0, 0.05) is 23.2 Å². The van der Waals surface area contributed by atoms with Crippen LogP contribution >= 0.6 is 15.9 Å². The monoisotopic (exact) mass is 427 g/mol. The van der Waals surface area contributed by atoms with Crippen LogP contribution in [0, 0.1) is 0 Å². The fraction of sp³-hybridized carbons (Fsp3) is 0.316. The van der Waals surface area contributed by atoms with Gasteiger partial charge in [-0.05, 0) is 48.7 Å². The Morgan fingerprint density at radius 3 is 2.42 bits per heavy atom. The maximum atomic E-state index is 12.9. The molecule has 138 valence electrons. The number of hydrogen-bond acceptors (Lipinski definition) is 2. The van der Waals surface area contributed by atoms with Crippen molar-refractivity contribution >= 4 is 21.8 Å². The Morgan fingerprint density at radius 2 is 1.77 bits per heavy atom. The van der Waals surface area contributed by atoms with Gasteiger partial charge in [0.1, 0.15) is 0 Å². The minimum atomic E-state index is -4.49. The molecule has 0 aliphatic carbocycles. The molecule has 0 bridgehead atoms. The summed E-state index contributed by atoms with van der Waals surface area (Å²) in [5, 5.41) is 2.96. The largest absolute Gasteiger partial charge is 0.416 e. The summed E-state index contributed by atoms with van der Waals surface area (Å²) < 4.78 is 45.0. The summed E-state index contributed by atoms with van der Waals surface area (Å²) in [5.41, 5.74) is -0.627. The third kappa shape index (κ3) is 4.10. The lowest BCUT2D eigenvalue weighted by molar-refractivity contribution is -0.137. The van der Waals surface area contributed by atoms with Crippen LogP contribution in [0.3, 0.4) is 0 Å². The highest BCUT2D eigenvalue weighted by Crippen LogP contribution is 2.34. The molecule has 2 aromatic rings. The minimum Gasteiger partial charge on any atom is -0.381 e. The van der Waals surface area contributed by atoms with Gasteiger partial charge in [-0.1, -0.05) is 34.1 Å². The van der Waals surface area contributed by atoms with Crippen molar-refractivity contribution < 1.29 is 22.7 Å². The van der Waals surface area contributed by atoms with Crippen molar-refractivity contribution in [1.29, 1.82) is 0 Å². The number of benzene rings is 2. The summed E-state index contributed by atoms with van der Waals surface area (Å²) in [6, 6.07) is 12.0. The van der Waals surface area contributed by atoms with Gasteiger partial charge in [0.15, 0.2) is 0 Å². The van der Waals surface area contributed by atoms with E-state index in [1.54, 1.807) is 0 Å². The van der Waals surface area contributed by atoms with Crippen LogP contribution < -0.4 is 5.32 Å². The molecule has 1 N–H and O–H groups in total. The first-order valence-electron chi connectivity index (χ1n) is 8.14. The second-order valence-electron chi connectivity index (χ2n) is 6.24. The number of halogens is 4. The topological polar surface area (TPSA) is 38.3 Å². The molecule has 26 heavy (non-hydrogen) atoms. The zero-order chi connectivity index (χ0) is 18.8. The van der Waals surface area contributed by atoms with Gasteiger partial charge in [0.25, 0.3) is 5.91 Å². The summed E-state index contributed by atoms with van der Waals surface area (Å²) in [4.78, 5) is 12.7. The summed E-state index contributed by atoms with van der Waals surface area (Å²) in [7, 11) is 0. The third-order valence-electron chi connectivity index (χ3n) is 4.53. The fourth-order valence-corrected chi connectivity index (χ4v) is 3.52. The quantitative estimate of drug-likeness (QED) is 0.755. The number of carbonyl (C=O) groups excluding carboxylic acids is 1. The van der Waals surface area contributed by atoms with Gasteiger partial charge < -0.3 is 10.1 Å². The Bertz CT molecular complexity index is 801. The van der Waals surface area contributed by atoms with Crippen molar-refractivity contribution in [2.45, 2.75) is 24.6 Å². The van der Waals surface area contributed by atoms with Gasteiger partial charge in [-0.2, -0.15) is 13.2 Å². The van der Waals surface area contributed by atoms with Gasteiger partial charge >= 0.3 is 6.18 Å². The van der Waals surface area contributed by atoms with E-state index in [1.807, 2.05) is 24.3 Å². The minimum absolute atomic E-state index is 0.0133. The van der Waals surface area contributed by atoms with Crippen LogP contribution in [0.1, 0.15) is 34.3 Å². The molecule has 1 saturated heterocycles. The number of alkyl halides is 3. The van der Waals surface area contributed by atoms with Gasteiger partial charge in [-0.25, -0.2) is 0 Å². The summed E-state index contributed by atoms with van der Waals surface area (Å²) >= 11 is 3.43. The predicted octanol–water partition coefficient (Wildman–Crippen LogP) is 4.90. The van der Waals surface area contributed by atoms with E-state index in [9.17, 15) is 18.0 Å². The molecule has 1 aliphatic heterocycles. The molecule has 1 fully saturated rings. The van der Waals surface area contributed by atoms with Crippen LogP contribution in [-0.2, 0) is 16.5 Å². The Hall–Kier alpha value is -1.86. The van der Waals surface area contributed by atoms with Crippen LogP contribution in [0.25, 0.3) is 0 Å². The highest BCUT2D eigenvalue weighted by atomic mass is 79.9. The van der Waals surface area contributed by atoms with E-state index in [4.69, 9.17) is 4.74 Å². The lowest BCUT2D eigenvalue weighted by atomic mass is 9.82. The number of carbonyl (C=O) groups is 1. The van der Waals surface area contributed by atoms with Crippen LogP contribution in [0.5, 0.6) is 0 Å². The van der Waals surface area contributed by atoms with Gasteiger partial charge in [0.2, 0.25) is 0 Å². The molecule has 0 atom stereocenters. The van der Waals surface area contributed by atoms with E-state index in [-0.39, 0.29) is 5.56 Å². The van der Waals surface area contributed by atoms with Crippen molar-refractivity contribution in [3.8, 4) is 0 Å². The molecular formula is C19H17BrF3NO2. The van der Waals surface area contributed by atoms with Gasteiger partial charge in [-0.3, -0.25) is 4.79 Å². The normalized spacial score (nSPS) is 16.9. The second-order valence-corrected chi connectivity index (χ2v) is 7.15. The van der Waals surface area contributed by atoms with Gasteiger partial charge in [0.05, 0.1) is 11.1 Å². The molecule has 2 aromatic carbocycles. The SMILES string of the molecule is O=C(NC1(c2cccc(Br)c2)CCOCC1)c1cccc(C(F)(F)F)c1. The van der Waals surface area contributed by atoms with Gasteiger partial charge in [-0.15, -0.1) is 0 Å². The first-order chi connectivity index (χ1) is 12.3.